The van der Waals surface area contributed by atoms with Gasteiger partial charge in [-0.15, -0.1) is 6.58 Å². The highest BCUT2D eigenvalue weighted by Gasteiger charge is 2.49. The van der Waals surface area contributed by atoms with Crippen LogP contribution in [-0.2, 0) is 39.7 Å². The van der Waals surface area contributed by atoms with Gasteiger partial charge in [0.25, 0.3) is 0 Å². The summed E-state index contributed by atoms with van der Waals surface area (Å²) in [5.74, 6) is -3.39. The molecule has 5 heterocycles. The fourth-order valence-electron chi connectivity index (χ4n) is 7.35. The van der Waals surface area contributed by atoms with Crippen molar-refractivity contribution in [1.29, 1.82) is 0 Å². The van der Waals surface area contributed by atoms with E-state index in [1.807, 2.05) is 0 Å². The Hall–Kier alpha value is -3.70. The lowest BCUT2D eigenvalue weighted by Crippen LogP contribution is -2.60. The predicted molar refractivity (Wildman–Crippen MR) is 175 cm³/mol. The summed E-state index contributed by atoms with van der Waals surface area (Å²) in [7, 11) is 1.18. The number of aliphatic hydroxyl groups excluding tert-OH is 8. The number of fused-ring (bicyclic) bond motifs is 3. The van der Waals surface area contributed by atoms with Crippen molar-refractivity contribution in [2.75, 3.05) is 20.3 Å². The van der Waals surface area contributed by atoms with E-state index in [2.05, 4.69) is 16.9 Å². The van der Waals surface area contributed by atoms with Crippen LogP contribution in [0, 0.1) is 11.8 Å². The molecule has 0 radical (unpaired) electrons. The molecule has 0 spiro atoms. The lowest BCUT2D eigenvalue weighted by atomic mass is 9.77. The fraction of sp³-hybridized carbons (Fsp3) is 0.588. The molecule has 2 fully saturated rings. The minimum absolute atomic E-state index is 0.0336. The average molecular weight is 753 g/mol. The molecule has 11 N–H and O–H groups in total. The van der Waals surface area contributed by atoms with Crippen molar-refractivity contribution in [2.24, 2.45) is 11.8 Å². The molecule has 2 saturated heterocycles. The van der Waals surface area contributed by atoms with Crippen LogP contribution in [0.1, 0.15) is 23.7 Å². The van der Waals surface area contributed by atoms with Gasteiger partial charge in [-0.3, -0.25) is 10.1 Å². The van der Waals surface area contributed by atoms with E-state index in [1.54, 1.807) is 18.2 Å². The fourth-order valence-corrected chi connectivity index (χ4v) is 7.35. The van der Waals surface area contributed by atoms with Crippen LogP contribution in [0.5, 0.6) is 5.75 Å². The van der Waals surface area contributed by atoms with E-state index < -0.39 is 117 Å². The zero-order chi connectivity index (χ0) is 38.3. The van der Waals surface area contributed by atoms with Crippen molar-refractivity contribution < 1.29 is 84.0 Å². The molecular weight excluding hydrogens is 708 g/mol. The number of nitrogens with one attached hydrogen (secondary N) is 2. The smallest absolute Gasteiger partial charge is 0.337 e. The first-order valence-corrected chi connectivity index (χ1v) is 16.9. The quantitative estimate of drug-likeness (QED) is 0.0806. The van der Waals surface area contributed by atoms with Gasteiger partial charge >= 0.3 is 11.9 Å². The maximum atomic E-state index is 13.0. The highest BCUT2D eigenvalue weighted by Crippen LogP contribution is 2.43. The third kappa shape index (κ3) is 7.40. The van der Waals surface area contributed by atoms with E-state index in [0.717, 1.165) is 6.26 Å². The number of carbonyl (C=O) groups is 2. The maximum Gasteiger partial charge on any atom is 0.337 e. The number of carboxylic acid groups (broad SMARTS) is 1. The molecule has 0 saturated carbocycles. The van der Waals surface area contributed by atoms with E-state index >= 15 is 0 Å². The summed E-state index contributed by atoms with van der Waals surface area (Å²) in [5, 5.41) is 95.0. The zero-order valence-corrected chi connectivity index (χ0v) is 28.4. The van der Waals surface area contributed by atoms with Crippen molar-refractivity contribution in [3.8, 4) is 5.75 Å². The number of benzene rings is 1. The standard InChI is InChI=1S/C34H44N2O17/c1-3-13-14(17(31(47)48-2)11-49-32(13)53-34-29(44)27(42)25(40)22(10-38)52-34)7-19-23-16(8-20(35-19)30(45)46)15-6-12(4-5-18(15)36-23)50-33-28(43)26(41)24(39)21(9-37)51-33/h3-6,11,13-14,19-22,24-29,32-44H,1,7-10H2,2H3,(H,45,46)/t13-,14+,19+,20+,21-,22-,24-,25-,26+,27+,28-,29-,32+,33-,34+/m0/s1. The summed E-state index contributed by atoms with van der Waals surface area (Å²) in [4.78, 5) is 28.8. The Morgan fingerprint density at radius 2 is 1.57 bits per heavy atom. The summed E-state index contributed by atoms with van der Waals surface area (Å²) < 4.78 is 33.5. The van der Waals surface area contributed by atoms with Gasteiger partial charge in [-0.05, 0) is 30.2 Å². The van der Waals surface area contributed by atoms with Gasteiger partial charge < -0.3 is 79.4 Å². The van der Waals surface area contributed by atoms with Gasteiger partial charge in [0.1, 0.15) is 60.6 Å². The van der Waals surface area contributed by atoms with Crippen LogP contribution in [0.4, 0.5) is 0 Å². The van der Waals surface area contributed by atoms with Gasteiger partial charge in [-0.2, -0.15) is 0 Å². The van der Waals surface area contributed by atoms with Gasteiger partial charge in [0.05, 0.1) is 32.2 Å². The molecule has 19 nitrogen and oxygen atoms in total. The Morgan fingerprint density at radius 1 is 0.925 bits per heavy atom. The minimum Gasteiger partial charge on any atom is -0.480 e. The molecule has 6 rings (SSSR count). The number of aromatic nitrogens is 1. The number of hydrogen-bond donors (Lipinski definition) is 11. The molecule has 4 aliphatic heterocycles. The molecule has 19 heteroatoms. The second kappa shape index (κ2) is 16.0. The molecule has 4 aliphatic rings. The zero-order valence-electron chi connectivity index (χ0n) is 28.4. The molecule has 0 unspecified atom stereocenters. The topological polar surface area (TPSA) is 299 Å². The molecule has 2 aromatic rings. The summed E-state index contributed by atoms with van der Waals surface area (Å²) >= 11 is 0. The van der Waals surface area contributed by atoms with Gasteiger partial charge in [0.15, 0.2) is 6.29 Å². The number of aliphatic carboxylic acids is 1. The number of rotatable bonds is 11. The van der Waals surface area contributed by atoms with Crippen molar-refractivity contribution in [2.45, 2.75) is 92.6 Å². The number of carbonyl (C=O) groups excluding carboxylic acids is 1. The lowest BCUT2D eigenvalue weighted by molar-refractivity contribution is -0.339. The highest BCUT2D eigenvalue weighted by molar-refractivity contribution is 5.89. The third-order valence-corrected chi connectivity index (χ3v) is 10.3. The van der Waals surface area contributed by atoms with Crippen LogP contribution in [-0.4, -0.2) is 157 Å². The van der Waals surface area contributed by atoms with Crippen molar-refractivity contribution in [1.82, 2.24) is 10.3 Å². The first-order valence-electron chi connectivity index (χ1n) is 16.9. The van der Waals surface area contributed by atoms with Crippen molar-refractivity contribution in [3.05, 3.63) is 53.9 Å². The van der Waals surface area contributed by atoms with Crippen LogP contribution in [0.2, 0.25) is 0 Å². The number of H-pyrrole nitrogens is 1. The van der Waals surface area contributed by atoms with Crippen LogP contribution >= 0.6 is 0 Å². The largest absolute Gasteiger partial charge is 0.480 e. The van der Waals surface area contributed by atoms with Crippen LogP contribution in [0.25, 0.3) is 10.9 Å². The van der Waals surface area contributed by atoms with Crippen LogP contribution in [0.15, 0.2) is 42.7 Å². The van der Waals surface area contributed by atoms with E-state index in [-0.39, 0.29) is 24.2 Å². The van der Waals surface area contributed by atoms with E-state index in [1.165, 1.54) is 13.2 Å². The second-order valence-corrected chi connectivity index (χ2v) is 13.4. The van der Waals surface area contributed by atoms with Gasteiger partial charge in [-0.25, -0.2) is 4.79 Å². The molecule has 292 valence electrons. The molecule has 53 heavy (non-hydrogen) atoms. The van der Waals surface area contributed by atoms with Gasteiger partial charge in [0.2, 0.25) is 12.6 Å². The summed E-state index contributed by atoms with van der Waals surface area (Å²) in [6.45, 7) is 2.55. The van der Waals surface area contributed by atoms with Gasteiger partial charge in [0, 0.05) is 40.9 Å². The lowest BCUT2D eigenvalue weighted by Gasteiger charge is -2.43. The normalized spacial score (nSPS) is 38.7. The molecule has 1 aromatic carbocycles. The molecule has 15 atom stereocenters. The Morgan fingerprint density at radius 3 is 2.17 bits per heavy atom. The molecule has 0 bridgehead atoms. The monoisotopic (exact) mass is 752 g/mol. The SMILES string of the molecule is C=C[C@@H]1[C@@H](O[C@H]2O[C@@H](CO)[C@H](O)[C@@H](O)[C@@H]2O)OC=C(C(=O)OC)[C@@H]1C[C@H]1N[C@@H](C(=O)O)Cc2c1[nH]c1ccc(O[C@H]3O[C@@H](CO)[C@H](O)[C@@H](O)[C@@H]3O)cc21. The number of hydrogen-bond acceptors (Lipinski definition) is 17. The number of carboxylic acids is 1. The molecule has 0 aliphatic carbocycles. The summed E-state index contributed by atoms with van der Waals surface area (Å²) in [6.07, 6.45) is -14.1. The highest BCUT2D eigenvalue weighted by atomic mass is 16.8. The third-order valence-electron chi connectivity index (χ3n) is 10.3. The van der Waals surface area contributed by atoms with E-state index in [0.29, 0.717) is 22.2 Å². The van der Waals surface area contributed by atoms with Crippen molar-refractivity contribution in [3.63, 3.8) is 0 Å². The minimum atomic E-state index is -1.74. The number of aliphatic hydroxyl groups is 8. The Labute approximate surface area is 301 Å². The summed E-state index contributed by atoms with van der Waals surface area (Å²) in [5.41, 5.74) is 1.86. The first kappa shape index (κ1) is 39.0. The van der Waals surface area contributed by atoms with Crippen LogP contribution < -0.4 is 10.1 Å². The Kier molecular flexibility index (Phi) is 11.7. The predicted octanol–water partition coefficient (Wildman–Crippen LogP) is -2.98. The Bertz CT molecular complexity index is 1680. The molecule has 0 amide bonds. The average Bonchev–Trinajstić information content (AvgIpc) is 3.53. The van der Waals surface area contributed by atoms with Crippen LogP contribution in [0.3, 0.4) is 0 Å². The van der Waals surface area contributed by atoms with E-state index in [4.69, 9.17) is 28.4 Å². The number of aromatic amines is 1. The number of esters is 1. The van der Waals surface area contributed by atoms with Gasteiger partial charge in [-0.1, -0.05) is 6.08 Å². The maximum absolute atomic E-state index is 13.0. The van der Waals surface area contributed by atoms with Crippen molar-refractivity contribution >= 4 is 22.8 Å². The first-order chi connectivity index (χ1) is 25.3. The summed E-state index contributed by atoms with van der Waals surface area (Å²) in [6, 6.07) is 2.97. The van der Waals surface area contributed by atoms with E-state index in [9.17, 15) is 55.5 Å². The molecular formula is C34H44N2O17. The number of ether oxygens (including phenoxy) is 6. The Balaban J connectivity index is 1.30. The second-order valence-electron chi connectivity index (χ2n) is 13.4. The molecule has 1 aromatic heterocycles. The number of methoxy groups -OCH3 is 1.